The van der Waals surface area contributed by atoms with Gasteiger partial charge in [-0.1, -0.05) is 12.1 Å². The summed E-state index contributed by atoms with van der Waals surface area (Å²) < 4.78 is 0. The molecule has 1 saturated heterocycles. The molecule has 0 aromatic heterocycles. The number of imide groups is 1. The van der Waals surface area contributed by atoms with Crippen LogP contribution in [0.5, 0.6) is 0 Å². The van der Waals surface area contributed by atoms with Crippen LogP contribution in [0.3, 0.4) is 0 Å². The molecule has 7 heteroatoms. The molecule has 0 unspecified atom stereocenters. The number of hydrazone groups is 1. The highest BCUT2D eigenvalue weighted by atomic mass is 16.7. The summed E-state index contributed by atoms with van der Waals surface area (Å²) >= 11 is 0. The van der Waals surface area contributed by atoms with E-state index in [2.05, 4.69) is 5.10 Å². The summed E-state index contributed by atoms with van der Waals surface area (Å²) in [6.07, 6.45) is 1.55. The van der Waals surface area contributed by atoms with Gasteiger partial charge >= 0.3 is 5.97 Å². The van der Waals surface area contributed by atoms with Crippen LogP contribution in [-0.2, 0) is 14.4 Å². The summed E-state index contributed by atoms with van der Waals surface area (Å²) in [5, 5.41) is 3.86. The van der Waals surface area contributed by atoms with Crippen LogP contribution in [0.15, 0.2) is 29.4 Å². The number of carbonyl (C=O) groups is 3. The van der Waals surface area contributed by atoms with Gasteiger partial charge in [-0.15, -0.1) is 5.06 Å². The van der Waals surface area contributed by atoms with Gasteiger partial charge in [0.25, 0.3) is 11.8 Å². The predicted molar refractivity (Wildman–Crippen MR) is 64.7 cm³/mol. The fraction of sp³-hybridized carbons (Fsp3) is 0.167. The highest BCUT2D eigenvalue weighted by Crippen LogP contribution is 2.14. The third-order valence-electron chi connectivity index (χ3n) is 2.55. The van der Waals surface area contributed by atoms with Gasteiger partial charge in [-0.05, 0) is 17.7 Å². The van der Waals surface area contributed by atoms with Crippen molar-refractivity contribution in [3.63, 3.8) is 0 Å². The number of benzene rings is 1. The zero-order valence-corrected chi connectivity index (χ0v) is 9.91. The molecule has 19 heavy (non-hydrogen) atoms. The summed E-state index contributed by atoms with van der Waals surface area (Å²) in [6, 6.07) is 6.20. The van der Waals surface area contributed by atoms with Crippen molar-refractivity contribution in [2.75, 3.05) is 0 Å². The molecule has 2 rings (SSSR count). The Hall–Kier alpha value is -2.70. The lowest BCUT2D eigenvalue weighted by Gasteiger charge is -2.12. The second kappa shape index (κ2) is 5.30. The largest absolute Gasteiger partial charge is 0.363 e. The van der Waals surface area contributed by atoms with Gasteiger partial charge in [0.15, 0.2) is 0 Å². The van der Waals surface area contributed by atoms with E-state index < -0.39 is 17.8 Å². The topological polar surface area (TPSA) is 102 Å². The minimum Gasteiger partial charge on any atom is -0.325 e. The van der Waals surface area contributed by atoms with E-state index in [1.807, 2.05) is 0 Å². The number of nitrogens with zero attached hydrogens (tertiary/aromatic N) is 2. The molecule has 0 saturated carbocycles. The van der Waals surface area contributed by atoms with Crippen molar-refractivity contribution in [1.82, 2.24) is 5.06 Å². The number of nitrogens with two attached hydrogens (primary N) is 1. The second-order valence-corrected chi connectivity index (χ2v) is 3.86. The molecule has 2 N–H and O–H groups in total. The minimum atomic E-state index is -0.764. The van der Waals surface area contributed by atoms with E-state index in [0.717, 1.165) is 0 Å². The first-order valence-corrected chi connectivity index (χ1v) is 5.53. The van der Waals surface area contributed by atoms with Crippen LogP contribution >= 0.6 is 0 Å². The summed E-state index contributed by atoms with van der Waals surface area (Å²) in [5.74, 6) is 3.21. The van der Waals surface area contributed by atoms with Crippen molar-refractivity contribution in [2.24, 2.45) is 10.9 Å². The van der Waals surface area contributed by atoms with Gasteiger partial charge in [-0.2, -0.15) is 5.10 Å². The number of amides is 2. The highest BCUT2D eigenvalue weighted by molar-refractivity contribution is 6.02. The first kappa shape index (κ1) is 12.7. The monoisotopic (exact) mass is 261 g/mol. The molecule has 0 radical (unpaired) electrons. The average molecular weight is 261 g/mol. The van der Waals surface area contributed by atoms with Gasteiger partial charge < -0.3 is 10.7 Å². The lowest BCUT2D eigenvalue weighted by atomic mass is 10.1. The highest BCUT2D eigenvalue weighted by Gasteiger charge is 2.33. The summed E-state index contributed by atoms with van der Waals surface area (Å²) in [4.78, 5) is 39.1. The smallest absolute Gasteiger partial charge is 0.325 e. The van der Waals surface area contributed by atoms with Gasteiger partial charge in [-0.25, -0.2) is 4.79 Å². The fourth-order valence-electron chi connectivity index (χ4n) is 1.58. The van der Waals surface area contributed by atoms with Gasteiger partial charge in [-0.3, -0.25) is 9.59 Å². The van der Waals surface area contributed by atoms with Gasteiger partial charge in [0.2, 0.25) is 0 Å². The fourth-order valence-corrected chi connectivity index (χ4v) is 1.58. The Labute approximate surface area is 108 Å². The molecule has 1 aliphatic heterocycles. The van der Waals surface area contributed by atoms with E-state index in [0.29, 0.717) is 10.6 Å². The minimum absolute atomic E-state index is 0.0675. The molecule has 1 aromatic carbocycles. The molecule has 1 heterocycles. The summed E-state index contributed by atoms with van der Waals surface area (Å²) in [5.41, 5.74) is 0.939. The molecule has 7 nitrogen and oxygen atoms in total. The van der Waals surface area contributed by atoms with E-state index in [1.165, 1.54) is 18.3 Å². The average Bonchev–Trinajstić information content (AvgIpc) is 2.72. The maximum atomic E-state index is 11.7. The molecule has 1 aliphatic rings. The molecular formula is C12H11N3O4. The molecule has 1 aromatic rings. The van der Waals surface area contributed by atoms with E-state index in [1.54, 1.807) is 12.1 Å². The van der Waals surface area contributed by atoms with Crippen molar-refractivity contribution in [1.29, 1.82) is 0 Å². The third-order valence-corrected chi connectivity index (χ3v) is 2.55. The van der Waals surface area contributed by atoms with E-state index in [4.69, 9.17) is 10.7 Å². The van der Waals surface area contributed by atoms with E-state index in [-0.39, 0.29) is 18.4 Å². The lowest BCUT2D eigenvalue weighted by Crippen LogP contribution is -2.32. The van der Waals surface area contributed by atoms with Crippen molar-refractivity contribution >= 4 is 24.0 Å². The Kier molecular flexibility index (Phi) is 3.56. The molecule has 0 spiro atoms. The standard InChI is InChI=1S/C12H11N3O4/c13-14-7-8-1-3-9(4-2-8)12(18)19-15-10(16)5-6-11(15)17/h1-4,7H,5-6,13H2. The Balaban J connectivity index is 2.07. The number of hydroxylamine groups is 2. The van der Waals surface area contributed by atoms with Gasteiger partial charge in [0, 0.05) is 12.8 Å². The van der Waals surface area contributed by atoms with Gasteiger partial charge in [0.1, 0.15) is 0 Å². The van der Waals surface area contributed by atoms with Gasteiger partial charge in [0.05, 0.1) is 11.8 Å². The molecular weight excluding hydrogens is 250 g/mol. The zero-order valence-electron chi connectivity index (χ0n) is 9.91. The molecule has 1 fully saturated rings. The Morgan fingerprint density at radius 3 is 2.32 bits per heavy atom. The van der Waals surface area contributed by atoms with E-state index >= 15 is 0 Å². The maximum absolute atomic E-state index is 11.7. The van der Waals surface area contributed by atoms with Crippen LogP contribution in [0, 0.1) is 0 Å². The van der Waals surface area contributed by atoms with Crippen LogP contribution in [0.2, 0.25) is 0 Å². The van der Waals surface area contributed by atoms with Crippen LogP contribution in [0.4, 0.5) is 0 Å². The number of hydrogen-bond acceptors (Lipinski definition) is 6. The maximum Gasteiger partial charge on any atom is 0.363 e. The van der Waals surface area contributed by atoms with Crippen LogP contribution in [0.1, 0.15) is 28.8 Å². The Bertz CT molecular complexity index is 535. The lowest BCUT2D eigenvalue weighted by molar-refractivity contribution is -0.172. The summed E-state index contributed by atoms with van der Waals surface area (Å²) in [7, 11) is 0. The zero-order chi connectivity index (χ0) is 13.8. The van der Waals surface area contributed by atoms with E-state index in [9.17, 15) is 14.4 Å². The normalized spacial score (nSPS) is 15.3. The Morgan fingerprint density at radius 1 is 1.21 bits per heavy atom. The predicted octanol–water partition coefficient (Wildman–Crippen LogP) is 0.200. The quantitative estimate of drug-likeness (QED) is 0.362. The second-order valence-electron chi connectivity index (χ2n) is 3.86. The number of carbonyl (C=O) groups excluding carboxylic acids is 3. The van der Waals surface area contributed by atoms with Crippen molar-refractivity contribution in [2.45, 2.75) is 12.8 Å². The van der Waals surface area contributed by atoms with Crippen molar-refractivity contribution in [3.05, 3.63) is 35.4 Å². The molecule has 0 atom stereocenters. The molecule has 0 bridgehead atoms. The van der Waals surface area contributed by atoms with Crippen LogP contribution in [0.25, 0.3) is 0 Å². The summed E-state index contributed by atoms with van der Waals surface area (Å²) in [6.45, 7) is 0. The Morgan fingerprint density at radius 2 is 1.79 bits per heavy atom. The molecule has 0 aliphatic carbocycles. The van der Waals surface area contributed by atoms with Crippen molar-refractivity contribution < 1.29 is 19.2 Å². The number of hydrogen-bond donors (Lipinski definition) is 1. The first-order chi connectivity index (χ1) is 9.11. The van der Waals surface area contributed by atoms with Crippen LogP contribution in [-0.4, -0.2) is 29.1 Å². The van der Waals surface area contributed by atoms with Crippen molar-refractivity contribution in [3.8, 4) is 0 Å². The SMILES string of the molecule is NN=Cc1ccc(C(=O)ON2C(=O)CCC2=O)cc1. The molecule has 98 valence electrons. The third kappa shape index (κ3) is 2.76. The van der Waals surface area contributed by atoms with Crippen LogP contribution < -0.4 is 5.84 Å². The molecule has 2 amide bonds. The first-order valence-electron chi connectivity index (χ1n) is 5.53. The number of rotatable bonds is 3.